The maximum absolute atomic E-state index is 13.3. The Morgan fingerprint density at radius 1 is 1.18 bits per heavy atom. The summed E-state index contributed by atoms with van der Waals surface area (Å²) in [5.74, 6) is -4.52. The monoisotopic (exact) mass is 255 g/mol. The van der Waals surface area contributed by atoms with Crippen LogP contribution in [0.4, 0.5) is 26.3 Å². The van der Waals surface area contributed by atoms with Crippen LogP contribution < -0.4 is 5.73 Å². The molecule has 94 valence electrons. The summed E-state index contributed by atoms with van der Waals surface area (Å²) in [5, 5.41) is 0. The van der Waals surface area contributed by atoms with Gasteiger partial charge in [-0.05, 0) is 18.2 Å². The molecule has 7 heteroatoms. The summed E-state index contributed by atoms with van der Waals surface area (Å²) in [4.78, 5) is 0. The van der Waals surface area contributed by atoms with E-state index >= 15 is 0 Å². The number of hydrogen-bond acceptors (Lipinski definition) is 1. The number of hydrogen-bond donors (Lipinski definition) is 1. The molecule has 1 aromatic carbocycles. The van der Waals surface area contributed by atoms with E-state index in [1.807, 2.05) is 0 Å². The Morgan fingerprint density at radius 3 is 2.12 bits per heavy atom. The molecule has 1 fully saturated rings. The van der Waals surface area contributed by atoms with Crippen LogP contribution >= 0.6 is 0 Å². The van der Waals surface area contributed by atoms with E-state index in [1.54, 1.807) is 0 Å². The maximum Gasteiger partial charge on any atom is 0.416 e. The first-order valence-electron chi connectivity index (χ1n) is 4.62. The van der Waals surface area contributed by atoms with Gasteiger partial charge in [0.25, 0.3) is 5.92 Å². The second kappa shape index (κ2) is 3.16. The standard InChI is InChI=1S/C10H7F6N/c11-7-2-1-5(10(14,15)16)3-6(7)8(17)4-9(8,12)13/h1-3H,4,17H2. The molecule has 1 aliphatic carbocycles. The molecule has 17 heavy (non-hydrogen) atoms. The Bertz CT molecular complexity index is 466. The molecule has 1 saturated carbocycles. The van der Waals surface area contributed by atoms with Crippen molar-refractivity contribution < 1.29 is 26.3 Å². The summed E-state index contributed by atoms with van der Waals surface area (Å²) in [6.07, 6.45) is -5.57. The third-order valence-electron chi connectivity index (χ3n) is 2.80. The lowest BCUT2D eigenvalue weighted by atomic mass is 10.0. The Kier molecular flexibility index (Phi) is 2.27. The van der Waals surface area contributed by atoms with Crippen LogP contribution in [0.15, 0.2) is 18.2 Å². The summed E-state index contributed by atoms with van der Waals surface area (Å²) in [7, 11) is 0. The molecule has 1 atom stereocenters. The lowest BCUT2D eigenvalue weighted by Crippen LogP contribution is -2.29. The van der Waals surface area contributed by atoms with Gasteiger partial charge >= 0.3 is 6.18 Å². The molecule has 1 aromatic rings. The van der Waals surface area contributed by atoms with Crippen LogP contribution in [0.2, 0.25) is 0 Å². The summed E-state index contributed by atoms with van der Waals surface area (Å²) in [5.41, 5.74) is 0.893. The van der Waals surface area contributed by atoms with Gasteiger partial charge in [-0.2, -0.15) is 13.2 Å². The average Bonchev–Trinajstić information content (AvgIpc) is 2.65. The molecule has 0 aromatic heterocycles. The van der Waals surface area contributed by atoms with E-state index in [0.29, 0.717) is 18.2 Å². The molecule has 0 heterocycles. The SMILES string of the molecule is NC1(c2cc(C(F)(F)F)ccc2F)CC1(F)F. The van der Waals surface area contributed by atoms with Gasteiger partial charge < -0.3 is 5.73 Å². The van der Waals surface area contributed by atoms with Gasteiger partial charge in [0.1, 0.15) is 11.4 Å². The first-order chi connectivity index (χ1) is 7.58. The third-order valence-corrected chi connectivity index (χ3v) is 2.80. The fraction of sp³-hybridized carbons (Fsp3) is 0.400. The van der Waals surface area contributed by atoms with Gasteiger partial charge in [0.2, 0.25) is 0 Å². The predicted octanol–water partition coefficient (Wildman–Crippen LogP) is 3.04. The summed E-state index contributed by atoms with van der Waals surface area (Å²) in [6.45, 7) is 0. The molecular weight excluding hydrogens is 248 g/mol. The van der Waals surface area contributed by atoms with Crippen molar-refractivity contribution in [2.24, 2.45) is 5.73 Å². The predicted molar refractivity (Wildman–Crippen MR) is 46.8 cm³/mol. The van der Waals surface area contributed by atoms with E-state index in [9.17, 15) is 26.3 Å². The van der Waals surface area contributed by atoms with Crippen LogP contribution in [0.5, 0.6) is 0 Å². The average molecular weight is 255 g/mol. The number of benzene rings is 1. The van der Waals surface area contributed by atoms with Crippen molar-refractivity contribution >= 4 is 0 Å². The minimum Gasteiger partial charge on any atom is -0.316 e. The second-order valence-electron chi connectivity index (χ2n) is 4.04. The lowest BCUT2D eigenvalue weighted by molar-refractivity contribution is -0.137. The molecular formula is C10H7F6N. The quantitative estimate of drug-likeness (QED) is 0.767. The van der Waals surface area contributed by atoms with Crippen LogP contribution in [0.3, 0.4) is 0 Å². The molecule has 0 saturated heterocycles. The third kappa shape index (κ3) is 1.78. The van der Waals surface area contributed by atoms with Crippen LogP contribution in [0.1, 0.15) is 17.5 Å². The molecule has 0 amide bonds. The topological polar surface area (TPSA) is 26.0 Å². The lowest BCUT2D eigenvalue weighted by Gasteiger charge is -2.14. The van der Waals surface area contributed by atoms with Crippen LogP contribution in [-0.2, 0) is 11.7 Å². The molecule has 0 radical (unpaired) electrons. The highest BCUT2D eigenvalue weighted by atomic mass is 19.4. The number of rotatable bonds is 1. The van der Waals surface area contributed by atoms with E-state index in [2.05, 4.69) is 0 Å². The minimum atomic E-state index is -4.72. The van der Waals surface area contributed by atoms with Crippen molar-refractivity contribution in [1.82, 2.24) is 0 Å². The van der Waals surface area contributed by atoms with Gasteiger partial charge in [-0.15, -0.1) is 0 Å². The van der Waals surface area contributed by atoms with Crippen molar-refractivity contribution in [2.45, 2.75) is 24.1 Å². The van der Waals surface area contributed by atoms with Gasteiger partial charge in [0.15, 0.2) is 0 Å². The summed E-state index contributed by atoms with van der Waals surface area (Å²) >= 11 is 0. The van der Waals surface area contributed by atoms with Crippen molar-refractivity contribution in [2.75, 3.05) is 0 Å². The molecule has 1 nitrogen and oxygen atoms in total. The molecule has 0 spiro atoms. The Hall–Kier alpha value is -1.24. The second-order valence-corrected chi connectivity index (χ2v) is 4.04. The Morgan fingerprint density at radius 2 is 1.71 bits per heavy atom. The van der Waals surface area contributed by atoms with Gasteiger partial charge in [-0.1, -0.05) is 0 Å². The first kappa shape index (κ1) is 12.2. The van der Waals surface area contributed by atoms with Crippen molar-refractivity contribution in [3.8, 4) is 0 Å². The van der Waals surface area contributed by atoms with Crippen LogP contribution in [0, 0.1) is 5.82 Å². The molecule has 0 aliphatic heterocycles. The first-order valence-corrected chi connectivity index (χ1v) is 4.62. The fourth-order valence-electron chi connectivity index (χ4n) is 1.64. The highest BCUT2D eigenvalue weighted by Gasteiger charge is 2.70. The smallest absolute Gasteiger partial charge is 0.316 e. The molecule has 2 rings (SSSR count). The van der Waals surface area contributed by atoms with Gasteiger partial charge in [0, 0.05) is 12.0 Å². The Labute approximate surface area is 92.2 Å². The van der Waals surface area contributed by atoms with Crippen molar-refractivity contribution in [1.29, 1.82) is 0 Å². The molecule has 0 bridgehead atoms. The maximum atomic E-state index is 13.3. The minimum absolute atomic E-state index is 0.343. The fourth-order valence-corrected chi connectivity index (χ4v) is 1.64. The number of halogens is 6. The summed E-state index contributed by atoms with van der Waals surface area (Å²) in [6, 6.07) is 1.33. The molecule has 2 N–H and O–H groups in total. The van der Waals surface area contributed by atoms with E-state index in [1.165, 1.54) is 0 Å². The zero-order valence-electron chi connectivity index (χ0n) is 8.28. The van der Waals surface area contributed by atoms with Gasteiger partial charge in [0.05, 0.1) is 5.56 Å². The van der Waals surface area contributed by atoms with Crippen molar-refractivity contribution in [3.63, 3.8) is 0 Å². The largest absolute Gasteiger partial charge is 0.416 e. The number of nitrogens with two attached hydrogens (primary N) is 1. The zero-order valence-corrected chi connectivity index (χ0v) is 8.28. The van der Waals surface area contributed by atoms with Gasteiger partial charge in [-0.25, -0.2) is 13.2 Å². The van der Waals surface area contributed by atoms with Crippen LogP contribution in [-0.4, -0.2) is 5.92 Å². The molecule has 1 aliphatic rings. The Balaban J connectivity index is 2.49. The van der Waals surface area contributed by atoms with E-state index in [0.717, 1.165) is 0 Å². The summed E-state index contributed by atoms with van der Waals surface area (Å²) < 4.78 is 76.1. The van der Waals surface area contributed by atoms with E-state index in [-0.39, 0.29) is 0 Å². The normalized spacial score (nSPS) is 27.0. The van der Waals surface area contributed by atoms with E-state index < -0.39 is 41.0 Å². The van der Waals surface area contributed by atoms with Crippen LogP contribution in [0.25, 0.3) is 0 Å². The van der Waals surface area contributed by atoms with Crippen molar-refractivity contribution in [3.05, 3.63) is 35.1 Å². The highest BCUT2D eigenvalue weighted by molar-refractivity contribution is 5.40. The van der Waals surface area contributed by atoms with Gasteiger partial charge in [-0.3, -0.25) is 0 Å². The zero-order chi connectivity index (χ0) is 13.1. The van der Waals surface area contributed by atoms with E-state index in [4.69, 9.17) is 5.73 Å². The highest BCUT2D eigenvalue weighted by Crippen LogP contribution is 2.58. The number of alkyl halides is 5. The molecule has 1 unspecified atom stereocenters.